The molecule has 0 N–H and O–H groups in total. The summed E-state index contributed by atoms with van der Waals surface area (Å²) in [6.45, 7) is 0. The Labute approximate surface area is 323 Å². The molecule has 0 saturated carbocycles. The van der Waals surface area contributed by atoms with Crippen molar-refractivity contribution in [2.45, 2.75) is 0 Å². The summed E-state index contributed by atoms with van der Waals surface area (Å²) in [6, 6.07) is 58.8. The zero-order valence-electron chi connectivity index (χ0n) is 28.5. The van der Waals surface area contributed by atoms with Crippen LogP contribution in [0.15, 0.2) is 164 Å². The smallest absolute Gasteiger partial charge is 0.497 e. The first-order chi connectivity index (χ1) is 26.3. The fourth-order valence-corrected chi connectivity index (χ4v) is 7.63. The second kappa shape index (κ2) is 12.8. The summed E-state index contributed by atoms with van der Waals surface area (Å²) in [5, 5.41) is 4.84. The first-order valence-electron chi connectivity index (χ1n) is 17.5. The van der Waals surface area contributed by atoms with E-state index < -0.39 is 0 Å². The van der Waals surface area contributed by atoms with E-state index in [1.165, 1.54) is 0 Å². The molecule has 0 saturated heterocycles. The number of nitrogens with zero attached hydrogens (tertiary/aromatic N) is 5. The summed E-state index contributed by atoms with van der Waals surface area (Å²) in [5.74, 6) is 1.13. The summed E-state index contributed by atoms with van der Waals surface area (Å²) in [7, 11) is 0. The molecule has 6 nitrogen and oxygen atoms in total. The van der Waals surface area contributed by atoms with Crippen molar-refractivity contribution < 1.29 is 25.2 Å². The number of pyridine rings is 3. The van der Waals surface area contributed by atoms with Gasteiger partial charge in [-0.25, -0.2) is 0 Å². The topological polar surface area (TPSA) is 56.7 Å². The summed E-state index contributed by atoms with van der Waals surface area (Å²) in [6.07, 6.45) is 3.94. The minimum absolute atomic E-state index is 0. The number of ether oxygens (including phenoxy) is 1. The van der Waals surface area contributed by atoms with Crippen molar-refractivity contribution in [2.24, 2.45) is 0 Å². The van der Waals surface area contributed by atoms with Crippen LogP contribution < -0.4 is 4.74 Å². The third-order valence-electron chi connectivity index (χ3n) is 9.99. The molecule has 6 aromatic carbocycles. The van der Waals surface area contributed by atoms with Crippen LogP contribution in [0.5, 0.6) is 11.5 Å². The molecular weight excluding hydrogens is 757 g/mol. The molecule has 0 aliphatic carbocycles. The Kier molecular flexibility index (Phi) is 7.59. The Morgan fingerprint density at radius 3 is 1.85 bits per heavy atom. The molecule has 11 aromatic rings. The van der Waals surface area contributed by atoms with Crippen LogP contribution in [0.1, 0.15) is 0 Å². The molecule has 0 spiro atoms. The van der Waals surface area contributed by atoms with Crippen LogP contribution >= 0.6 is 0 Å². The van der Waals surface area contributed by atoms with E-state index in [0.717, 1.165) is 88.5 Å². The number of hydrogen-bond donors (Lipinski definition) is 0. The minimum Gasteiger partial charge on any atom is -0.497 e. The zero-order valence-corrected chi connectivity index (χ0v) is 30.1. The molecule has 5 heterocycles. The third kappa shape index (κ3) is 5.02. The van der Waals surface area contributed by atoms with E-state index >= 15 is 0 Å². The van der Waals surface area contributed by atoms with Gasteiger partial charge in [0.05, 0.1) is 39.4 Å². The average Bonchev–Trinajstić information content (AvgIpc) is 3.87. The first-order valence-corrected chi connectivity index (χ1v) is 17.5. The van der Waals surface area contributed by atoms with Crippen LogP contribution in [0.3, 0.4) is 0 Å². The van der Waals surface area contributed by atoms with Crippen LogP contribution in [0.4, 0.5) is 0 Å². The van der Waals surface area contributed by atoms with Gasteiger partial charge in [-0.15, -0.1) is 12.1 Å². The molecule has 0 aliphatic heterocycles. The van der Waals surface area contributed by atoms with E-state index in [4.69, 9.17) is 19.7 Å². The van der Waals surface area contributed by atoms with Gasteiger partial charge >= 0.3 is 20.4 Å². The van der Waals surface area contributed by atoms with Crippen molar-refractivity contribution >= 4 is 54.8 Å². The molecule has 256 valence electrons. The van der Waals surface area contributed by atoms with Gasteiger partial charge in [0.15, 0.2) is 0 Å². The molecule has 0 bridgehead atoms. The van der Waals surface area contributed by atoms with E-state index in [1.807, 2.05) is 66.9 Å². The van der Waals surface area contributed by atoms with Crippen molar-refractivity contribution in [1.82, 2.24) is 23.8 Å². The number of fused-ring (bicyclic) bond motifs is 12. The predicted octanol–water partition coefficient (Wildman–Crippen LogP) is 11.4. The van der Waals surface area contributed by atoms with Crippen LogP contribution in [0.25, 0.3) is 88.5 Å². The second-order valence-corrected chi connectivity index (χ2v) is 13.1. The van der Waals surface area contributed by atoms with Crippen LogP contribution in [-0.2, 0) is 20.4 Å². The van der Waals surface area contributed by atoms with Crippen molar-refractivity contribution in [2.75, 3.05) is 0 Å². The Morgan fingerprint density at radius 2 is 1.11 bits per heavy atom. The summed E-state index contributed by atoms with van der Waals surface area (Å²) in [5.41, 5.74) is 10.5. The average molecular weight is 784 g/mol. The van der Waals surface area contributed by atoms with E-state index in [1.54, 1.807) is 0 Å². The van der Waals surface area contributed by atoms with E-state index in [-0.39, 0.29) is 20.4 Å². The second-order valence-electron chi connectivity index (χ2n) is 13.1. The maximum atomic E-state index is 6.61. The van der Waals surface area contributed by atoms with Crippen molar-refractivity contribution in [3.8, 4) is 45.3 Å². The van der Waals surface area contributed by atoms with Gasteiger partial charge in [-0.1, -0.05) is 155 Å². The van der Waals surface area contributed by atoms with Gasteiger partial charge in [0.25, 0.3) is 0 Å². The van der Waals surface area contributed by atoms with E-state index in [0.29, 0.717) is 11.5 Å². The third-order valence-corrected chi connectivity index (χ3v) is 9.99. The maximum absolute atomic E-state index is 6.61. The van der Waals surface area contributed by atoms with Gasteiger partial charge in [0, 0.05) is 40.5 Å². The Balaban J connectivity index is 0.00000361. The standard InChI is InChI=1S/C47H27N5O.Pd/c1-4-13-30(14-5-1)40-29-51-41-20-11-10-19-36(41)35-24-22-33(27-38(35)46(51)49-40)53-34-23-25-37-39(28-34)47-50-43(31-15-6-2-7-16-31)45(32-17-8-3-9-18-32)52(47)42-21-12-26-48-44(37)42;/h1-26,29H;/q-2;+2. The Hall–Kier alpha value is -6.65. The molecule has 7 heteroatoms. The minimum atomic E-state index is 0. The first kappa shape index (κ1) is 32.0. The molecule has 0 atom stereocenters. The largest absolute Gasteiger partial charge is 2.00 e. The van der Waals surface area contributed by atoms with Crippen LogP contribution in [0.2, 0.25) is 0 Å². The van der Waals surface area contributed by atoms with Gasteiger partial charge < -0.3 is 13.5 Å². The molecule has 0 amide bonds. The zero-order chi connectivity index (χ0) is 34.9. The summed E-state index contributed by atoms with van der Waals surface area (Å²) >= 11 is 0. The number of benzene rings is 6. The molecule has 5 aromatic heterocycles. The fourth-order valence-electron chi connectivity index (χ4n) is 7.63. The van der Waals surface area contributed by atoms with Crippen molar-refractivity contribution in [1.29, 1.82) is 0 Å². The molecule has 0 fully saturated rings. The SMILES string of the molecule is [Pd+2].[c-]1c(Oc2[c-]c3c(cc2)c2ncccc2n2c(-c4ccccc4)c(-c4ccccc4)nc32)ccc2c1c1nc(-c3ccccc3)cn1c1ccccc21. The molecule has 0 unspecified atom stereocenters. The Morgan fingerprint density at radius 1 is 0.500 bits per heavy atom. The molecule has 54 heavy (non-hydrogen) atoms. The Bertz CT molecular complexity index is 3190. The normalized spacial score (nSPS) is 11.6. The number of imidazole rings is 2. The van der Waals surface area contributed by atoms with Crippen LogP contribution in [0, 0.1) is 12.1 Å². The van der Waals surface area contributed by atoms with E-state index in [9.17, 15) is 0 Å². The number of rotatable bonds is 5. The van der Waals surface area contributed by atoms with Gasteiger partial charge in [-0.2, -0.15) is 0 Å². The van der Waals surface area contributed by atoms with Gasteiger partial charge in [-0.05, 0) is 29.1 Å². The van der Waals surface area contributed by atoms with Crippen molar-refractivity contribution in [3.05, 3.63) is 176 Å². The predicted molar refractivity (Wildman–Crippen MR) is 212 cm³/mol. The molecule has 0 radical (unpaired) electrons. The number of hydrogen-bond acceptors (Lipinski definition) is 4. The van der Waals surface area contributed by atoms with Gasteiger partial charge in [0.2, 0.25) is 0 Å². The molecule has 11 rings (SSSR count). The van der Waals surface area contributed by atoms with Crippen molar-refractivity contribution in [3.63, 3.8) is 0 Å². The van der Waals surface area contributed by atoms with Gasteiger partial charge in [0.1, 0.15) is 0 Å². The number of aromatic nitrogens is 5. The quantitative estimate of drug-likeness (QED) is 0.0991. The fraction of sp³-hybridized carbons (Fsp3) is 0. The monoisotopic (exact) mass is 783 g/mol. The maximum Gasteiger partial charge on any atom is 2.00 e. The summed E-state index contributed by atoms with van der Waals surface area (Å²) < 4.78 is 11.0. The summed E-state index contributed by atoms with van der Waals surface area (Å²) in [4.78, 5) is 15.3. The van der Waals surface area contributed by atoms with E-state index in [2.05, 4.69) is 118 Å². The number of para-hydroxylation sites is 1. The van der Waals surface area contributed by atoms with Crippen LogP contribution in [-0.4, -0.2) is 23.8 Å². The molecular formula is C47H27N5OPd. The molecule has 0 aliphatic rings. The van der Waals surface area contributed by atoms with Gasteiger partial charge in [-0.3, -0.25) is 15.0 Å².